The number of hydrogen-bond acceptors (Lipinski definition) is 3. The van der Waals surface area contributed by atoms with E-state index in [0.717, 1.165) is 5.69 Å². The zero-order valence-corrected chi connectivity index (χ0v) is 12.9. The lowest BCUT2D eigenvalue weighted by Crippen LogP contribution is -2.22. The van der Waals surface area contributed by atoms with Gasteiger partial charge in [-0.3, -0.25) is 9.36 Å². The van der Waals surface area contributed by atoms with Crippen molar-refractivity contribution in [3.63, 3.8) is 0 Å². The van der Waals surface area contributed by atoms with Crippen molar-refractivity contribution >= 4 is 11.6 Å². The lowest BCUT2D eigenvalue weighted by atomic mass is 10.1. The molecule has 116 valence electrons. The van der Waals surface area contributed by atoms with Gasteiger partial charge in [0.1, 0.15) is 5.82 Å². The summed E-state index contributed by atoms with van der Waals surface area (Å²) in [6.45, 7) is 1.68. The average Bonchev–Trinajstić information content (AvgIpc) is 2.56. The van der Waals surface area contributed by atoms with Crippen LogP contribution >= 0.6 is 0 Å². The standard InChI is InChI=1S/C18H16FN3O/c1-12-8-9-13(10-16(12)19)15-11-20-18(22(2)17(15)23)21-14-6-4-3-5-7-14/h3-11H,1-2H3,(H,20,21). The van der Waals surface area contributed by atoms with Crippen LogP contribution in [0.25, 0.3) is 11.1 Å². The Hall–Kier alpha value is -2.95. The molecule has 0 bridgehead atoms. The highest BCUT2D eigenvalue weighted by molar-refractivity contribution is 5.63. The molecular weight excluding hydrogens is 293 g/mol. The number of nitrogens with one attached hydrogen (secondary N) is 1. The van der Waals surface area contributed by atoms with Crippen molar-refractivity contribution in [2.75, 3.05) is 5.32 Å². The first kappa shape index (κ1) is 15.0. The minimum absolute atomic E-state index is 0.235. The summed E-state index contributed by atoms with van der Waals surface area (Å²) in [6.07, 6.45) is 1.47. The first-order valence-electron chi connectivity index (χ1n) is 7.21. The molecule has 0 spiro atoms. The van der Waals surface area contributed by atoms with Gasteiger partial charge in [0.25, 0.3) is 5.56 Å². The van der Waals surface area contributed by atoms with E-state index in [0.29, 0.717) is 22.6 Å². The van der Waals surface area contributed by atoms with Gasteiger partial charge in [-0.2, -0.15) is 0 Å². The number of halogens is 1. The second-order valence-corrected chi connectivity index (χ2v) is 5.31. The summed E-state index contributed by atoms with van der Waals surface area (Å²) in [5.74, 6) is 0.0913. The van der Waals surface area contributed by atoms with Crippen LogP contribution in [0.2, 0.25) is 0 Å². The van der Waals surface area contributed by atoms with Gasteiger partial charge in [-0.1, -0.05) is 30.3 Å². The Bertz CT molecular complexity index is 904. The first-order chi connectivity index (χ1) is 11.1. The Morgan fingerprint density at radius 3 is 2.57 bits per heavy atom. The van der Waals surface area contributed by atoms with Crippen LogP contribution < -0.4 is 10.9 Å². The van der Waals surface area contributed by atoms with Crippen molar-refractivity contribution < 1.29 is 4.39 Å². The summed E-state index contributed by atoms with van der Waals surface area (Å²) < 4.78 is 15.1. The maximum atomic E-state index is 13.7. The molecule has 0 aliphatic carbocycles. The lowest BCUT2D eigenvalue weighted by Gasteiger charge is -2.11. The Morgan fingerprint density at radius 1 is 1.13 bits per heavy atom. The predicted molar refractivity (Wildman–Crippen MR) is 89.3 cm³/mol. The molecule has 2 aromatic carbocycles. The van der Waals surface area contributed by atoms with E-state index in [2.05, 4.69) is 10.3 Å². The highest BCUT2D eigenvalue weighted by atomic mass is 19.1. The summed E-state index contributed by atoms with van der Waals surface area (Å²) in [7, 11) is 1.63. The van der Waals surface area contributed by atoms with Crippen LogP contribution in [0.1, 0.15) is 5.56 Å². The maximum absolute atomic E-state index is 13.7. The van der Waals surface area contributed by atoms with Crippen LogP contribution in [-0.2, 0) is 7.05 Å². The molecule has 0 aliphatic rings. The van der Waals surface area contributed by atoms with Crippen molar-refractivity contribution in [1.82, 2.24) is 9.55 Å². The van der Waals surface area contributed by atoms with Gasteiger partial charge in [0, 0.05) is 18.9 Å². The smallest absolute Gasteiger partial charge is 0.262 e. The molecule has 1 aromatic heterocycles. The molecule has 1 heterocycles. The maximum Gasteiger partial charge on any atom is 0.262 e. The van der Waals surface area contributed by atoms with Gasteiger partial charge in [-0.15, -0.1) is 0 Å². The first-order valence-corrected chi connectivity index (χ1v) is 7.21. The zero-order valence-electron chi connectivity index (χ0n) is 12.9. The molecule has 0 aliphatic heterocycles. The van der Waals surface area contributed by atoms with Crippen LogP contribution in [0.4, 0.5) is 16.0 Å². The van der Waals surface area contributed by atoms with E-state index in [4.69, 9.17) is 0 Å². The predicted octanol–water partition coefficient (Wildman–Crippen LogP) is 3.64. The van der Waals surface area contributed by atoms with E-state index in [-0.39, 0.29) is 11.4 Å². The second kappa shape index (κ2) is 6.04. The van der Waals surface area contributed by atoms with Crippen molar-refractivity contribution in [1.29, 1.82) is 0 Å². The largest absolute Gasteiger partial charge is 0.326 e. The monoisotopic (exact) mass is 309 g/mol. The Morgan fingerprint density at radius 2 is 1.87 bits per heavy atom. The molecule has 0 amide bonds. The van der Waals surface area contributed by atoms with E-state index < -0.39 is 0 Å². The van der Waals surface area contributed by atoms with Crippen molar-refractivity contribution in [2.45, 2.75) is 6.92 Å². The fourth-order valence-electron chi connectivity index (χ4n) is 2.27. The summed E-state index contributed by atoms with van der Waals surface area (Å²) in [5.41, 5.74) is 2.03. The molecule has 4 nitrogen and oxygen atoms in total. The number of rotatable bonds is 3. The van der Waals surface area contributed by atoms with Gasteiger partial charge >= 0.3 is 0 Å². The molecule has 23 heavy (non-hydrogen) atoms. The second-order valence-electron chi connectivity index (χ2n) is 5.31. The van der Waals surface area contributed by atoms with Gasteiger partial charge in [0.15, 0.2) is 0 Å². The number of para-hydroxylation sites is 1. The number of hydrogen-bond donors (Lipinski definition) is 1. The number of aryl methyl sites for hydroxylation is 1. The normalized spacial score (nSPS) is 10.6. The van der Waals surface area contributed by atoms with E-state index >= 15 is 0 Å². The Labute approximate surface area is 133 Å². The Kier molecular flexibility index (Phi) is 3.93. The van der Waals surface area contributed by atoms with Crippen LogP contribution in [-0.4, -0.2) is 9.55 Å². The quantitative estimate of drug-likeness (QED) is 0.803. The van der Waals surface area contributed by atoms with Crippen LogP contribution in [0.15, 0.2) is 59.5 Å². The average molecular weight is 309 g/mol. The third-order valence-corrected chi connectivity index (χ3v) is 3.68. The van der Waals surface area contributed by atoms with E-state index in [1.807, 2.05) is 30.3 Å². The van der Waals surface area contributed by atoms with Crippen molar-refractivity contribution in [3.05, 3.63) is 76.5 Å². The van der Waals surface area contributed by atoms with Crippen molar-refractivity contribution in [2.24, 2.45) is 7.05 Å². The SMILES string of the molecule is Cc1ccc(-c2cnc(Nc3ccccc3)n(C)c2=O)cc1F. The molecule has 0 saturated heterocycles. The molecule has 0 radical (unpaired) electrons. The fourth-order valence-corrected chi connectivity index (χ4v) is 2.27. The van der Waals surface area contributed by atoms with E-state index in [9.17, 15) is 9.18 Å². The Balaban J connectivity index is 2.00. The molecule has 0 atom stereocenters. The summed E-state index contributed by atoms with van der Waals surface area (Å²) in [5, 5.41) is 3.09. The fraction of sp³-hybridized carbons (Fsp3) is 0.111. The number of anilines is 2. The van der Waals surface area contributed by atoms with E-state index in [1.54, 1.807) is 26.1 Å². The van der Waals surface area contributed by atoms with Crippen molar-refractivity contribution in [3.8, 4) is 11.1 Å². The van der Waals surface area contributed by atoms with Gasteiger partial charge < -0.3 is 5.32 Å². The third kappa shape index (κ3) is 2.99. The third-order valence-electron chi connectivity index (χ3n) is 3.68. The molecule has 3 rings (SSSR count). The van der Waals surface area contributed by atoms with Gasteiger partial charge in [0.05, 0.1) is 5.56 Å². The van der Waals surface area contributed by atoms with Crippen LogP contribution in [0.5, 0.6) is 0 Å². The van der Waals surface area contributed by atoms with Gasteiger partial charge in [-0.05, 0) is 36.2 Å². The molecule has 0 saturated carbocycles. The summed E-state index contributed by atoms with van der Waals surface area (Å²) >= 11 is 0. The highest BCUT2D eigenvalue weighted by Crippen LogP contribution is 2.20. The topological polar surface area (TPSA) is 46.9 Å². The highest BCUT2D eigenvalue weighted by Gasteiger charge is 2.11. The van der Waals surface area contributed by atoms with Crippen LogP contribution in [0.3, 0.4) is 0 Å². The lowest BCUT2D eigenvalue weighted by molar-refractivity contribution is 0.619. The summed E-state index contributed by atoms with van der Waals surface area (Å²) in [4.78, 5) is 16.8. The van der Waals surface area contributed by atoms with E-state index in [1.165, 1.54) is 16.8 Å². The minimum atomic E-state index is -0.337. The molecule has 5 heteroatoms. The van der Waals surface area contributed by atoms with Gasteiger partial charge in [-0.25, -0.2) is 9.37 Å². The number of benzene rings is 2. The molecule has 0 fully saturated rings. The summed E-state index contributed by atoms with van der Waals surface area (Å²) in [6, 6.07) is 14.2. The van der Waals surface area contributed by atoms with Gasteiger partial charge in [0.2, 0.25) is 5.95 Å². The van der Waals surface area contributed by atoms with Crippen LogP contribution in [0, 0.1) is 12.7 Å². The zero-order chi connectivity index (χ0) is 16.4. The minimum Gasteiger partial charge on any atom is -0.326 e. The number of nitrogens with zero attached hydrogens (tertiary/aromatic N) is 2. The molecule has 0 unspecified atom stereocenters. The molecular formula is C18H16FN3O. The molecule has 3 aromatic rings. The number of aromatic nitrogens is 2. The molecule has 1 N–H and O–H groups in total.